The number of aromatic nitrogens is 1. The van der Waals surface area contributed by atoms with Gasteiger partial charge in [0.05, 0.1) is 27.5 Å². The van der Waals surface area contributed by atoms with E-state index in [2.05, 4.69) is 36.3 Å². The first kappa shape index (κ1) is 21.4. The molecular weight excluding hydrogens is 431 g/mol. The summed E-state index contributed by atoms with van der Waals surface area (Å²) in [5, 5.41) is 15.6. The Morgan fingerprint density at radius 2 is 1.65 bits per heavy atom. The summed E-state index contributed by atoms with van der Waals surface area (Å²) in [6.07, 6.45) is 0. The van der Waals surface area contributed by atoms with Crippen LogP contribution in [0.4, 0.5) is 0 Å². The molecular formula is C25H22Cl2N2O2. The Labute approximate surface area is 190 Å². The quantitative estimate of drug-likeness (QED) is 0.333. The van der Waals surface area contributed by atoms with E-state index in [4.69, 9.17) is 23.2 Å². The van der Waals surface area contributed by atoms with Gasteiger partial charge in [0, 0.05) is 11.1 Å². The van der Waals surface area contributed by atoms with Gasteiger partial charge in [0.1, 0.15) is 5.75 Å². The molecule has 4 aromatic rings. The lowest BCUT2D eigenvalue weighted by Gasteiger charge is -2.23. The Bertz CT molecular complexity index is 1300. The highest BCUT2D eigenvalue weighted by molar-refractivity contribution is 6.39. The van der Waals surface area contributed by atoms with Crippen molar-refractivity contribution in [3.63, 3.8) is 0 Å². The van der Waals surface area contributed by atoms with Crippen LogP contribution in [0.2, 0.25) is 10.0 Å². The first-order chi connectivity index (χ1) is 14.8. The molecule has 0 spiro atoms. The highest BCUT2D eigenvalue weighted by Crippen LogP contribution is 2.38. The Kier molecular flexibility index (Phi) is 6.05. The predicted molar refractivity (Wildman–Crippen MR) is 128 cm³/mol. The van der Waals surface area contributed by atoms with Gasteiger partial charge in [-0.1, -0.05) is 71.7 Å². The second-order valence-electron chi connectivity index (χ2n) is 7.78. The van der Waals surface area contributed by atoms with E-state index in [1.54, 1.807) is 18.2 Å². The minimum Gasteiger partial charge on any atom is -0.506 e. The lowest BCUT2D eigenvalue weighted by Crippen LogP contribution is -2.29. The molecule has 4 nitrogen and oxygen atoms in total. The fourth-order valence-corrected chi connectivity index (χ4v) is 4.42. The van der Waals surface area contributed by atoms with Crippen molar-refractivity contribution in [1.82, 2.24) is 10.3 Å². The van der Waals surface area contributed by atoms with Gasteiger partial charge >= 0.3 is 0 Å². The summed E-state index contributed by atoms with van der Waals surface area (Å²) in [4.78, 5) is 15.7. The van der Waals surface area contributed by atoms with Crippen LogP contribution in [0.15, 0.2) is 71.5 Å². The molecule has 1 aromatic heterocycles. The molecule has 1 atom stereocenters. The molecule has 0 fully saturated rings. The van der Waals surface area contributed by atoms with Gasteiger partial charge in [-0.2, -0.15) is 0 Å². The first-order valence-corrected chi connectivity index (χ1v) is 10.8. The van der Waals surface area contributed by atoms with Gasteiger partial charge in [-0.25, -0.2) is 0 Å². The van der Waals surface area contributed by atoms with Crippen LogP contribution in [-0.2, 0) is 0 Å². The topological polar surface area (TPSA) is 65.1 Å². The lowest BCUT2D eigenvalue weighted by molar-refractivity contribution is 0.482. The van der Waals surface area contributed by atoms with E-state index in [9.17, 15) is 9.90 Å². The fraction of sp³-hybridized carbons (Fsp3) is 0.160. The van der Waals surface area contributed by atoms with Crippen molar-refractivity contribution in [2.24, 2.45) is 0 Å². The van der Waals surface area contributed by atoms with Crippen LogP contribution in [0, 0.1) is 0 Å². The highest BCUT2D eigenvalue weighted by Gasteiger charge is 2.20. The van der Waals surface area contributed by atoms with E-state index in [1.807, 2.05) is 36.4 Å². The third-order valence-electron chi connectivity index (χ3n) is 5.15. The van der Waals surface area contributed by atoms with Crippen molar-refractivity contribution in [2.75, 3.05) is 0 Å². The van der Waals surface area contributed by atoms with Crippen LogP contribution in [0.25, 0.3) is 22.0 Å². The van der Waals surface area contributed by atoms with Gasteiger partial charge in [0.15, 0.2) is 0 Å². The van der Waals surface area contributed by atoms with Gasteiger partial charge < -0.3 is 15.4 Å². The van der Waals surface area contributed by atoms with Crippen molar-refractivity contribution in [1.29, 1.82) is 0 Å². The summed E-state index contributed by atoms with van der Waals surface area (Å²) in [7, 11) is 0. The van der Waals surface area contributed by atoms with Gasteiger partial charge in [0.2, 0.25) is 0 Å². The number of hydrogen-bond acceptors (Lipinski definition) is 3. The Morgan fingerprint density at radius 3 is 2.35 bits per heavy atom. The summed E-state index contributed by atoms with van der Waals surface area (Å²) in [5.74, 6) is -0.161. The SMILES string of the molecule is CC(C)NC(c1ccccc1)c1cccc(-c2c(O)c3c(Cl)cc(Cl)cc3[nH]c2=O)c1. The number of fused-ring (bicyclic) bond motifs is 1. The molecule has 0 aliphatic heterocycles. The largest absolute Gasteiger partial charge is 0.506 e. The van der Waals surface area contributed by atoms with Gasteiger partial charge in [0.25, 0.3) is 5.56 Å². The molecule has 31 heavy (non-hydrogen) atoms. The zero-order valence-electron chi connectivity index (χ0n) is 17.1. The standard InChI is InChI=1S/C25H22Cl2N2O2/c1-14(2)28-23(15-7-4-3-5-8-15)17-10-6-9-16(11-17)21-24(30)22-19(27)12-18(26)13-20(22)29-25(21)31/h3-14,23,28H,1-2H3,(H2,29,30,31). The van der Waals surface area contributed by atoms with Gasteiger partial charge in [-0.05, 0) is 48.7 Å². The molecule has 0 saturated carbocycles. The molecule has 0 aliphatic carbocycles. The van der Waals surface area contributed by atoms with E-state index in [-0.39, 0.29) is 28.4 Å². The maximum Gasteiger partial charge on any atom is 0.260 e. The number of H-pyrrole nitrogens is 1. The number of rotatable bonds is 5. The number of aromatic amines is 1. The van der Waals surface area contributed by atoms with Gasteiger partial charge in [-0.3, -0.25) is 4.79 Å². The number of pyridine rings is 1. The summed E-state index contributed by atoms with van der Waals surface area (Å²) in [6, 6.07) is 21.0. The summed E-state index contributed by atoms with van der Waals surface area (Å²) >= 11 is 12.4. The van der Waals surface area contributed by atoms with Crippen molar-refractivity contribution < 1.29 is 5.11 Å². The molecule has 0 aliphatic rings. The summed E-state index contributed by atoms with van der Waals surface area (Å²) in [5.41, 5.74) is 2.86. The molecule has 0 radical (unpaired) electrons. The van der Waals surface area contributed by atoms with Crippen molar-refractivity contribution in [3.05, 3.63) is 98.3 Å². The predicted octanol–water partition coefficient (Wildman–Crippen LogP) is 6.29. The van der Waals surface area contributed by atoms with E-state index in [0.29, 0.717) is 21.5 Å². The average Bonchev–Trinajstić information content (AvgIpc) is 2.72. The van der Waals surface area contributed by atoms with Crippen molar-refractivity contribution >= 4 is 34.1 Å². The molecule has 0 saturated heterocycles. The molecule has 0 bridgehead atoms. The van der Waals surface area contributed by atoms with Crippen LogP contribution >= 0.6 is 23.2 Å². The number of aromatic hydroxyl groups is 1. The van der Waals surface area contributed by atoms with Crippen LogP contribution in [0.1, 0.15) is 31.0 Å². The lowest BCUT2D eigenvalue weighted by atomic mass is 9.94. The second kappa shape index (κ2) is 8.75. The van der Waals surface area contributed by atoms with E-state index in [0.717, 1.165) is 11.1 Å². The van der Waals surface area contributed by atoms with Crippen LogP contribution < -0.4 is 10.9 Å². The third kappa shape index (κ3) is 4.33. The van der Waals surface area contributed by atoms with E-state index < -0.39 is 5.56 Å². The number of benzene rings is 3. The monoisotopic (exact) mass is 452 g/mol. The smallest absolute Gasteiger partial charge is 0.260 e. The third-order valence-corrected chi connectivity index (χ3v) is 5.66. The number of halogens is 2. The molecule has 1 heterocycles. The molecule has 1 unspecified atom stereocenters. The second-order valence-corrected chi connectivity index (χ2v) is 8.62. The first-order valence-electron chi connectivity index (χ1n) is 10.0. The number of hydrogen-bond donors (Lipinski definition) is 3. The minimum absolute atomic E-state index is 0.0646. The van der Waals surface area contributed by atoms with Crippen molar-refractivity contribution in [2.45, 2.75) is 25.9 Å². The average molecular weight is 453 g/mol. The summed E-state index contributed by atoms with van der Waals surface area (Å²) in [6.45, 7) is 4.18. The molecule has 0 amide bonds. The Balaban J connectivity index is 1.88. The summed E-state index contributed by atoms with van der Waals surface area (Å²) < 4.78 is 0. The molecule has 158 valence electrons. The van der Waals surface area contributed by atoms with E-state index in [1.165, 1.54) is 0 Å². The zero-order chi connectivity index (χ0) is 22.1. The molecule has 4 rings (SSSR count). The maximum atomic E-state index is 12.9. The van der Waals surface area contributed by atoms with Crippen LogP contribution in [0.3, 0.4) is 0 Å². The fourth-order valence-electron chi connectivity index (χ4n) is 3.84. The number of nitrogens with one attached hydrogen (secondary N) is 2. The Hall–Kier alpha value is -2.79. The minimum atomic E-state index is -0.409. The zero-order valence-corrected chi connectivity index (χ0v) is 18.6. The van der Waals surface area contributed by atoms with Crippen molar-refractivity contribution in [3.8, 4) is 16.9 Å². The highest BCUT2D eigenvalue weighted by atomic mass is 35.5. The van der Waals surface area contributed by atoms with Gasteiger partial charge in [-0.15, -0.1) is 0 Å². The molecule has 3 aromatic carbocycles. The van der Waals surface area contributed by atoms with E-state index >= 15 is 0 Å². The molecule has 6 heteroatoms. The molecule has 3 N–H and O–H groups in total. The normalized spacial score (nSPS) is 12.4. The maximum absolute atomic E-state index is 12.9. The van der Waals surface area contributed by atoms with Crippen LogP contribution in [0.5, 0.6) is 5.75 Å². The van der Waals surface area contributed by atoms with Crippen LogP contribution in [-0.4, -0.2) is 16.1 Å². The Morgan fingerprint density at radius 1 is 0.935 bits per heavy atom.